The normalized spacial score (nSPS) is 14.1. The lowest BCUT2D eigenvalue weighted by Gasteiger charge is -2.08. The van der Waals surface area contributed by atoms with Crippen LogP contribution in [0.25, 0.3) is 0 Å². The number of fused-ring (bicyclic) bond motifs is 1. The third kappa shape index (κ3) is 3.38. The van der Waals surface area contributed by atoms with Gasteiger partial charge in [0.25, 0.3) is 0 Å². The molecule has 0 radical (unpaired) electrons. The number of thiophene rings is 1. The lowest BCUT2D eigenvalue weighted by Crippen LogP contribution is -2.12. The van der Waals surface area contributed by atoms with Crippen molar-refractivity contribution in [2.45, 2.75) is 25.9 Å². The van der Waals surface area contributed by atoms with Gasteiger partial charge in [0, 0.05) is 17.7 Å². The number of hydrogen-bond acceptors (Lipinski definition) is 5. The Bertz CT molecular complexity index is 600. The smallest absolute Gasteiger partial charge is 0.226 e. The second kappa shape index (κ2) is 6.22. The number of ether oxygens (including phenoxy) is 1. The van der Waals surface area contributed by atoms with Crippen LogP contribution in [0.3, 0.4) is 0 Å². The minimum absolute atomic E-state index is 0.0125. The van der Waals surface area contributed by atoms with E-state index in [0.29, 0.717) is 31.2 Å². The van der Waals surface area contributed by atoms with Crippen LogP contribution in [0.5, 0.6) is 0 Å². The maximum absolute atomic E-state index is 11.9. The van der Waals surface area contributed by atoms with Gasteiger partial charge in [0.2, 0.25) is 5.91 Å². The molecule has 0 aromatic carbocycles. The van der Waals surface area contributed by atoms with Crippen LogP contribution in [0, 0.1) is 0 Å². The molecule has 0 bridgehead atoms. The number of nitrogens with one attached hydrogen (secondary N) is 1. The van der Waals surface area contributed by atoms with Crippen LogP contribution in [0.4, 0.5) is 5.13 Å². The lowest BCUT2D eigenvalue weighted by atomic mass is 10.2. The average Bonchev–Trinajstić information content (AvgIpc) is 3.01. The van der Waals surface area contributed by atoms with Crippen molar-refractivity contribution in [1.29, 1.82) is 0 Å². The van der Waals surface area contributed by atoms with Gasteiger partial charge in [-0.25, -0.2) is 4.98 Å². The van der Waals surface area contributed by atoms with Crippen molar-refractivity contribution in [3.8, 4) is 0 Å². The summed E-state index contributed by atoms with van der Waals surface area (Å²) >= 11 is 8.88. The first-order chi connectivity index (χ1) is 9.70. The fourth-order valence-electron chi connectivity index (χ4n) is 1.98. The molecule has 1 N–H and O–H groups in total. The number of anilines is 1. The molecule has 3 rings (SSSR count). The SMILES string of the molecule is O=C(CCc1ccc(Cl)s1)Nc1nc2c(s1)COCC2. The third-order valence-electron chi connectivity index (χ3n) is 2.97. The first-order valence-corrected chi connectivity index (χ1v) is 8.32. The maximum atomic E-state index is 11.9. The van der Waals surface area contributed by atoms with Crippen molar-refractivity contribution in [3.05, 3.63) is 31.9 Å². The highest BCUT2D eigenvalue weighted by atomic mass is 35.5. The van der Waals surface area contributed by atoms with Crippen molar-refractivity contribution in [3.63, 3.8) is 0 Å². The highest BCUT2D eigenvalue weighted by Gasteiger charge is 2.16. The molecule has 0 unspecified atom stereocenters. The van der Waals surface area contributed by atoms with E-state index in [4.69, 9.17) is 16.3 Å². The zero-order valence-electron chi connectivity index (χ0n) is 10.6. The van der Waals surface area contributed by atoms with E-state index in [9.17, 15) is 4.79 Å². The number of aryl methyl sites for hydroxylation is 1. The van der Waals surface area contributed by atoms with Gasteiger partial charge in [-0.1, -0.05) is 22.9 Å². The molecule has 7 heteroatoms. The zero-order valence-corrected chi connectivity index (χ0v) is 13.0. The van der Waals surface area contributed by atoms with Crippen molar-refractivity contribution < 1.29 is 9.53 Å². The van der Waals surface area contributed by atoms with Gasteiger partial charge in [-0.2, -0.15) is 0 Å². The molecule has 0 aliphatic carbocycles. The van der Waals surface area contributed by atoms with E-state index in [0.717, 1.165) is 26.2 Å². The van der Waals surface area contributed by atoms with Crippen LogP contribution in [-0.2, 0) is 29.0 Å². The van der Waals surface area contributed by atoms with E-state index in [1.165, 1.54) is 22.7 Å². The molecule has 1 aliphatic heterocycles. The summed E-state index contributed by atoms with van der Waals surface area (Å²) in [7, 11) is 0. The van der Waals surface area contributed by atoms with E-state index < -0.39 is 0 Å². The van der Waals surface area contributed by atoms with Gasteiger partial charge in [0.15, 0.2) is 5.13 Å². The monoisotopic (exact) mass is 328 g/mol. The van der Waals surface area contributed by atoms with E-state index in [-0.39, 0.29) is 5.91 Å². The maximum Gasteiger partial charge on any atom is 0.226 e. The number of aromatic nitrogens is 1. The van der Waals surface area contributed by atoms with Gasteiger partial charge in [0.05, 0.1) is 28.1 Å². The number of hydrogen-bond donors (Lipinski definition) is 1. The molecule has 1 amide bonds. The summed E-state index contributed by atoms with van der Waals surface area (Å²) in [5, 5.41) is 3.54. The number of rotatable bonds is 4. The molecule has 0 saturated carbocycles. The Hall–Kier alpha value is -0.950. The van der Waals surface area contributed by atoms with Crippen LogP contribution in [0.1, 0.15) is 21.9 Å². The molecule has 0 spiro atoms. The van der Waals surface area contributed by atoms with E-state index in [2.05, 4.69) is 10.3 Å². The molecule has 20 heavy (non-hydrogen) atoms. The molecule has 0 fully saturated rings. The van der Waals surface area contributed by atoms with Crippen LogP contribution in [0.15, 0.2) is 12.1 Å². The standard InChI is InChI=1S/C13H13ClN2O2S2/c14-11-3-1-8(19-11)2-4-12(17)16-13-15-9-5-6-18-7-10(9)20-13/h1,3H,2,4-7H2,(H,15,16,17). The Morgan fingerprint density at radius 1 is 1.45 bits per heavy atom. The summed E-state index contributed by atoms with van der Waals surface area (Å²) in [5.74, 6) is -0.0125. The largest absolute Gasteiger partial charge is 0.375 e. The summed E-state index contributed by atoms with van der Waals surface area (Å²) in [6.45, 7) is 1.32. The van der Waals surface area contributed by atoms with E-state index >= 15 is 0 Å². The third-order valence-corrected chi connectivity index (χ3v) is 5.25. The number of nitrogens with zero attached hydrogens (tertiary/aromatic N) is 1. The summed E-state index contributed by atoms with van der Waals surface area (Å²) < 4.78 is 6.13. The first-order valence-electron chi connectivity index (χ1n) is 6.31. The molecular weight excluding hydrogens is 316 g/mol. The second-order valence-electron chi connectivity index (χ2n) is 4.45. The zero-order chi connectivity index (χ0) is 13.9. The van der Waals surface area contributed by atoms with Gasteiger partial charge >= 0.3 is 0 Å². The van der Waals surface area contributed by atoms with Crippen LogP contribution in [-0.4, -0.2) is 17.5 Å². The minimum Gasteiger partial charge on any atom is -0.375 e. The Labute approximate surface area is 129 Å². The van der Waals surface area contributed by atoms with Crippen molar-refractivity contribution in [2.24, 2.45) is 0 Å². The fourth-order valence-corrected chi connectivity index (χ4v) is 4.03. The van der Waals surface area contributed by atoms with Crippen LogP contribution in [0.2, 0.25) is 4.34 Å². The molecule has 0 atom stereocenters. The Morgan fingerprint density at radius 3 is 3.10 bits per heavy atom. The van der Waals surface area contributed by atoms with Crippen molar-refractivity contribution in [1.82, 2.24) is 4.98 Å². The first kappa shape index (κ1) is 14.0. The molecule has 2 aromatic rings. The summed E-state index contributed by atoms with van der Waals surface area (Å²) in [6, 6.07) is 3.81. The van der Waals surface area contributed by atoms with Gasteiger partial charge < -0.3 is 10.1 Å². The predicted octanol–water partition coefficient (Wildman–Crippen LogP) is 3.50. The number of thiazole rings is 1. The minimum atomic E-state index is -0.0125. The Morgan fingerprint density at radius 2 is 2.35 bits per heavy atom. The summed E-state index contributed by atoms with van der Waals surface area (Å²) in [5.41, 5.74) is 1.06. The number of amides is 1. The summed E-state index contributed by atoms with van der Waals surface area (Å²) in [6.07, 6.45) is 1.98. The van der Waals surface area contributed by atoms with Gasteiger partial charge in [-0.3, -0.25) is 4.79 Å². The molecular formula is C13H13ClN2O2S2. The number of carbonyl (C=O) groups excluding carboxylic acids is 1. The van der Waals surface area contributed by atoms with Crippen molar-refractivity contribution in [2.75, 3.05) is 11.9 Å². The highest BCUT2D eigenvalue weighted by Crippen LogP contribution is 2.27. The quantitative estimate of drug-likeness (QED) is 0.934. The summed E-state index contributed by atoms with van der Waals surface area (Å²) in [4.78, 5) is 18.6. The van der Waals surface area contributed by atoms with E-state index in [1.807, 2.05) is 12.1 Å². The molecule has 2 aromatic heterocycles. The fraction of sp³-hybridized carbons (Fsp3) is 0.385. The average molecular weight is 329 g/mol. The van der Waals surface area contributed by atoms with Crippen LogP contribution >= 0.6 is 34.3 Å². The second-order valence-corrected chi connectivity index (χ2v) is 7.33. The molecule has 106 valence electrons. The molecule has 3 heterocycles. The molecule has 1 aliphatic rings. The number of carbonyl (C=O) groups is 1. The predicted molar refractivity (Wildman–Crippen MR) is 81.8 cm³/mol. The van der Waals surface area contributed by atoms with Gasteiger partial charge in [-0.05, 0) is 18.6 Å². The van der Waals surface area contributed by atoms with E-state index in [1.54, 1.807) is 0 Å². The molecule has 4 nitrogen and oxygen atoms in total. The van der Waals surface area contributed by atoms with Crippen molar-refractivity contribution >= 4 is 45.3 Å². The Balaban J connectivity index is 1.54. The lowest BCUT2D eigenvalue weighted by molar-refractivity contribution is -0.116. The number of halogens is 1. The molecule has 0 saturated heterocycles. The van der Waals surface area contributed by atoms with Gasteiger partial charge in [-0.15, -0.1) is 11.3 Å². The topological polar surface area (TPSA) is 51.2 Å². The van der Waals surface area contributed by atoms with Gasteiger partial charge in [0.1, 0.15) is 0 Å². The highest BCUT2D eigenvalue weighted by molar-refractivity contribution is 7.16. The van der Waals surface area contributed by atoms with Crippen LogP contribution < -0.4 is 5.32 Å². The Kier molecular flexibility index (Phi) is 4.35.